The number of ether oxygens (including phenoxy) is 1. The molecule has 2 aromatic heterocycles. The second kappa shape index (κ2) is 11.5. The molecule has 44 heavy (non-hydrogen) atoms. The van der Waals surface area contributed by atoms with Crippen molar-refractivity contribution in [1.82, 2.24) is 24.7 Å². The van der Waals surface area contributed by atoms with Gasteiger partial charge in [-0.2, -0.15) is 26.3 Å². The van der Waals surface area contributed by atoms with Crippen LogP contribution in [0.25, 0.3) is 0 Å². The Kier molecular flexibility index (Phi) is 7.80. The lowest BCUT2D eigenvalue weighted by Crippen LogP contribution is -2.36. The molecule has 2 aliphatic heterocycles. The van der Waals surface area contributed by atoms with E-state index in [-0.39, 0.29) is 24.0 Å². The summed E-state index contributed by atoms with van der Waals surface area (Å²) in [6, 6.07) is 9.10. The lowest BCUT2D eigenvalue weighted by Gasteiger charge is -2.35. The minimum absolute atomic E-state index is 0.0439. The third-order valence-corrected chi connectivity index (χ3v) is 8.27. The van der Waals surface area contributed by atoms with Crippen LogP contribution in [-0.4, -0.2) is 43.9 Å². The average molecular weight is 621 g/mol. The van der Waals surface area contributed by atoms with Gasteiger partial charge < -0.3 is 14.2 Å². The van der Waals surface area contributed by atoms with Crippen molar-refractivity contribution >= 4 is 5.82 Å². The van der Waals surface area contributed by atoms with E-state index < -0.39 is 47.4 Å². The number of aromatic nitrogens is 5. The van der Waals surface area contributed by atoms with Gasteiger partial charge in [0.2, 0.25) is 0 Å². The molecule has 7 nitrogen and oxygen atoms in total. The van der Waals surface area contributed by atoms with Gasteiger partial charge in [0.1, 0.15) is 29.6 Å². The van der Waals surface area contributed by atoms with Crippen molar-refractivity contribution in [1.29, 1.82) is 0 Å². The highest BCUT2D eigenvalue weighted by Crippen LogP contribution is 2.41. The van der Waals surface area contributed by atoms with Gasteiger partial charge in [-0.3, -0.25) is 0 Å². The lowest BCUT2D eigenvalue weighted by molar-refractivity contribution is -0.143. The molecule has 4 heterocycles. The topological polar surface area (TPSA) is 69.0 Å². The maximum atomic E-state index is 13.8. The summed E-state index contributed by atoms with van der Waals surface area (Å²) in [5.74, 6) is 1.35. The second-order valence-corrected chi connectivity index (χ2v) is 11.1. The van der Waals surface area contributed by atoms with Crippen molar-refractivity contribution in [3.05, 3.63) is 101 Å². The summed E-state index contributed by atoms with van der Waals surface area (Å²) in [5.41, 5.74) is -2.36. The molecule has 14 heteroatoms. The largest absolute Gasteiger partial charge is 0.416 e. The normalized spacial score (nSPS) is 21.4. The Morgan fingerprint density at radius 1 is 0.909 bits per heavy atom. The minimum Gasteiger partial charge on any atom is -0.369 e. The van der Waals surface area contributed by atoms with Crippen molar-refractivity contribution in [3.8, 4) is 0 Å². The zero-order chi connectivity index (χ0) is 31.2. The van der Waals surface area contributed by atoms with Gasteiger partial charge in [0.05, 0.1) is 23.3 Å². The molecule has 232 valence electrons. The van der Waals surface area contributed by atoms with Gasteiger partial charge >= 0.3 is 12.4 Å². The maximum absolute atomic E-state index is 13.8. The van der Waals surface area contributed by atoms with Crippen molar-refractivity contribution in [2.24, 2.45) is 0 Å². The molecule has 0 aliphatic carbocycles. The predicted octanol–water partition coefficient (Wildman–Crippen LogP) is 6.73. The average Bonchev–Trinajstić information content (AvgIpc) is 3.64. The number of fused-ring (bicyclic) bond motifs is 1. The van der Waals surface area contributed by atoms with Crippen LogP contribution in [0.15, 0.2) is 61.1 Å². The zero-order valence-electron chi connectivity index (χ0n) is 23.4. The molecule has 4 aromatic rings. The van der Waals surface area contributed by atoms with Crippen LogP contribution in [0.5, 0.6) is 0 Å². The number of benzene rings is 2. The Labute approximate surface area is 247 Å². The molecule has 0 N–H and O–H groups in total. The first kappa shape index (κ1) is 30.0. The molecular formula is C30H27F7N6O. The molecule has 1 unspecified atom stereocenters. The molecule has 6 rings (SSSR count). The molecule has 1 fully saturated rings. The number of halogens is 7. The summed E-state index contributed by atoms with van der Waals surface area (Å²) < 4.78 is 103. The van der Waals surface area contributed by atoms with Crippen LogP contribution in [0.1, 0.15) is 65.2 Å². The SMILES string of the molecule is C[C@@H](O[C@H]1Cc2nnc(C3CCN(c4ccncn4)C3)n2C[C@@H]1c1ccc(F)cc1)c1cc(C(F)(F)F)cc(C(F)(F)F)c1. The van der Waals surface area contributed by atoms with Crippen LogP contribution in [0.3, 0.4) is 0 Å². The van der Waals surface area contributed by atoms with Crippen LogP contribution in [-0.2, 0) is 30.1 Å². The summed E-state index contributed by atoms with van der Waals surface area (Å²) in [5, 5.41) is 8.88. The van der Waals surface area contributed by atoms with Crippen LogP contribution in [0, 0.1) is 5.82 Å². The van der Waals surface area contributed by atoms with Crippen molar-refractivity contribution in [2.45, 2.75) is 62.7 Å². The van der Waals surface area contributed by atoms with Crippen LogP contribution in [0.2, 0.25) is 0 Å². The van der Waals surface area contributed by atoms with E-state index in [4.69, 9.17) is 4.74 Å². The van der Waals surface area contributed by atoms with E-state index in [0.717, 1.165) is 24.6 Å². The van der Waals surface area contributed by atoms with Gasteiger partial charge in [0.15, 0.2) is 0 Å². The van der Waals surface area contributed by atoms with Gasteiger partial charge in [-0.05, 0) is 60.9 Å². The number of hydrogen-bond donors (Lipinski definition) is 0. The highest BCUT2D eigenvalue weighted by molar-refractivity contribution is 5.39. The van der Waals surface area contributed by atoms with E-state index in [9.17, 15) is 30.7 Å². The zero-order valence-corrected chi connectivity index (χ0v) is 23.4. The van der Waals surface area contributed by atoms with Crippen LogP contribution in [0.4, 0.5) is 36.6 Å². The van der Waals surface area contributed by atoms with Gasteiger partial charge in [-0.25, -0.2) is 14.4 Å². The van der Waals surface area contributed by atoms with Crippen molar-refractivity contribution in [2.75, 3.05) is 18.0 Å². The number of hydrogen-bond acceptors (Lipinski definition) is 6. The van der Waals surface area contributed by atoms with E-state index in [2.05, 4.69) is 25.1 Å². The molecule has 0 amide bonds. The van der Waals surface area contributed by atoms with E-state index >= 15 is 0 Å². The Morgan fingerprint density at radius 3 is 2.25 bits per heavy atom. The highest BCUT2D eigenvalue weighted by Gasteiger charge is 2.40. The summed E-state index contributed by atoms with van der Waals surface area (Å²) in [7, 11) is 0. The molecule has 4 atom stereocenters. The highest BCUT2D eigenvalue weighted by atomic mass is 19.4. The minimum atomic E-state index is -4.98. The summed E-state index contributed by atoms with van der Waals surface area (Å²) >= 11 is 0. The predicted molar refractivity (Wildman–Crippen MR) is 144 cm³/mol. The van der Waals surface area contributed by atoms with Crippen LogP contribution < -0.4 is 4.90 Å². The summed E-state index contributed by atoms with van der Waals surface area (Å²) in [6.45, 7) is 3.17. The molecule has 0 radical (unpaired) electrons. The smallest absolute Gasteiger partial charge is 0.369 e. The Bertz CT molecular complexity index is 1570. The quantitative estimate of drug-likeness (QED) is 0.223. The fraction of sp³-hybridized carbons (Fsp3) is 0.400. The number of alkyl halides is 6. The number of anilines is 1. The fourth-order valence-corrected chi connectivity index (χ4v) is 6.01. The first-order valence-electron chi connectivity index (χ1n) is 14.0. The van der Waals surface area contributed by atoms with Crippen LogP contribution >= 0.6 is 0 Å². The standard InChI is InChI=1S/C30H27F7N6O/c1-17(20-10-21(29(32,33)34)12-22(11-20)30(35,36)37)44-25-13-27-40-41-28(19-7-9-42(14-19)26-6-8-38-16-39-26)43(27)15-24(25)18-2-4-23(31)5-3-18/h2-6,8,10-12,16-17,19,24-25H,7,9,13-15H2,1H3/t17-,19?,24-,25+/m1/s1. The van der Waals surface area contributed by atoms with Crippen molar-refractivity contribution < 1.29 is 35.5 Å². The van der Waals surface area contributed by atoms with Gasteiger partial charge in [0.25, 0.3) is 0 Å². The maximum Gasteiger partial charge on any atom is 0.416 e. The van der Waals surface area contributed by atoms with Gasteiger partial charge in [-0.15, -0.1) is 10.2 Å². The number of rotatable bonds is 6. The second-order valence-electron chi connectivity index (χ2n) is 11.1. The molecule has 2 aliphatic rings. The van der Waals surface area contributed by atoms with E-state index in [1.54, 1.807) is 18.3 Å². The lowest BCUT2D eigenvalue weighted by atomic mass is 9.88. The van der Waals surface area contributed by atoms with E-state index in [0.29, 0.717) is 36.6 Å². The van der Waals surface area contributed by atoms with Crippen molar-refractivity contribution in [3.63, 3.8) is 0 Å². The monoisotopic (exact) mass is 620 g/mol. The third-order valence-electron chi connectivity index (χ3n) is 8.27. The van der Waals surface area contributed by atoms with Gasteiger partial charge in [0, 0.05) is 44.1 Å². The first-order chi connectivity index (χ1) is 20.9. The Morgan fingerprint density at radius 2 is 1.61 bits per heavy atom. The molecular weight excluding hydrogens is 593 g/mol. The molecule has 2 aromatic carbocycles. The molecule has 0 bridgehead atoms. The van der Waals surface area contributed by atoms with E-state index in [1.807, 2.05) is 10.6 Å². The Balaban J connectivity index is 1.30. The number of nitrogens with zero attached hydrogens (tertiary/aromatic N) is 6. The van der Waals surface area contributed by atoms with Gasteiger partial charge in [-0.1, -0.05) is 12.1 Å². The fourth-order valence-electron chi connectivity index (χ4n) is 6.01. The summed E-state index contributed by atoms with van der Waals surface area (Å²) in [6.07, 6.45) is -7.61. The molecule has 0 spiro atoms. The molecule has 0 saturated carbocycles. The molecule has 1 saturated heterocycles. The first-order valence-corrected chi connectivity index (χ1v) is 14.0. The van der Waals surface area contributed by atoms with E-state index in [1.165, 1.54) is 25.4 Å². The Hall–Kier alpha value is -4.07. The third kappa shape index (κ3) is 6.12. The summed E-state index contributed by atoms with van der Waals surface area (Å²) in [4.78, 5) is 10.4.